The first-order valence-corrected chi connectivity index (χ1v) is 5.23. The Labute approximate surface area is 75.5 Å². The molecule has 1 nitrogen and oxygen atoms in total. The van der Waals surface area contributed by atoms with Crippen LogP contribution < -0.4 is 0 Å². The minimum Gasteiger partial charge on any atom is -0.375 e. The Morgan fingerprint density at radius 3 is 2.50 bits per heavy atom. The standard InChI is InChI=1S/C11H20O/c1-11(2,3)9-7-8-5-4-6-10(9)12-8/h8-10H,4-7H2,1-3H3. The molecule has 1 heteroatoms. The molecule has 0 aromatic rings. The van der Waals surface area contributed by atoms with Crippen molar-refractivity contribution in [2.45, 2.75) is 58.7 Å². The molecule has 0 amide bonds. The van der Waals surface area contributed by atoms with E-state index in [0.717, 1.165) is 5.92 Å². The molecule has 70 valence electrons. The van der Waals surface area contributed by atoms with Crippen molar-refractivity contribution in [2.75, 3.05) is 0 Å². The van der Waals surface area contributed by atoms with Crippen molar-refractivity contribution in [1.29, 1.82) is 0 Å². The van der Waals surface area contributed by atoms with Gasteiger partial charge in [-0.05, 0) is 37.0 Å². The van der Waals surface area contributed by atoms with Gasteiger partial charge in [0.15, 0.2) is 0 Å². The van der Waals surface area contributed by atoms with E-state index in [-0.39, 0.29) is 0 Å². The van der Waals surface area contributed by atoms with E-state index >= 15 is 0 Å². The highest BCUT2D eigenvalue weighted by atomic mass is 16.5. The molecule has 12 heavy (non-hydrogen) atoms. The molecule has 3 atom stereocenters. The SMILES string of the molecule is CC(C)(C)C1CC2CCCC1O2. The van der Waals surface area contributed by atoms with Crippen LogP contribution in [0, 0.1) is 11.3 Å². The van der Waals surface area contributed by atoms with Crippen LogP contribution in [0.25, 0.3) is 0 Å². The molecule has 3 unspecified atom stereocenters. The van der Waals surface area contributed by atoms with Gasteiger partial charge in [-0.2, -0.15) is 0 Å². The molecule has 2 heterocycles. The maximum absolute atomic E-state index is 5.94. The van der Waals surface area contributed by atoms with Crippen LogP contribution in [-0.2, 0) is 4.74 Å². The molecule has 0 saturated carbocycles. The average molecular weight is 168 g/mol. The Kier molecular flexibility index (Phi) is 1.95. The van der Waals surface area contributed by atoms with Crippen LogP contribution in [0.4, 0.5) is 0 Å². The summed E-state index contributed by atoms with van der Waals surface area (Å²) in [5.41, 5.74) is 0.448. The van der Waals surface area contributed by atoms with Crippen LogP contribution in [0.3, 0.4) is 0 Å². The topological polar surface area (TPSA) is 9.23 Å². The molecule has 2 aliphatic rings. The van der Waals surface area contributed by atoms with E-state index < -0.39 is 0 Å². The Balaban J connectivity index is 2.09. The van der Waals surface area contributed by atoms with E-state index in [0.29, 0.717) is 17.6 Å². The van der Waals surface area contributed by atoms with E-state index in [1.54, 1.807) is 0 Å². The second kappa shape index (κ2) is 2.73. The molecule has 2 rings (SSSR count). The summed E-state index contributed by atoms with van der Waals surface area (Å²) < 4.78 is 5.94. The second-order valence-electron chi connectivity index (χ2n) is 5.44. The third-order valence-electron chi connectivity index (χ3n) is 3.46. The number of hydrogen-bond acceptors (Lipinski definition) is 1. The lowest BCUT2D eigenvalue weighted by Gasteiger charge is -2.31. The summed E-state index contributed by atoms with van der Waals surface area (Å²) in [6.07, 6.45) is 6.51. The van der Waals surface area contributed by atoms with E-state index in [4.69, 9.17) is 4.74 Å². The molecule has 2 fully saturated rings. The molecule has 0 radical (unpaired) electrons. The van der Waals surface area contributed by atoms with Gasteiger partial charge in [0.1, 0.15) is 0 Å². The minimum absolute atomic E-state index is 0.448. The summed E-state index contributed by atoms with van der Waals surface area (Å²) in [5.74, 6) is 0.810. The highest BCUT2D eigenvalue weighted by Gasteiger charge is 2.43. The number of rotatable bonds is 0. The van der Waals surface area contributed by atoms with Crippen LogP contribution in [0.2, 0.25) is 0 Å². The summed E-state index contributed by atoms with van der Waals surface area (Å²) >= 11 is 0. The maximum atomic E-state index is 5.94. The summed E-state index contributed by atoms with van der Waals surface area (Å²) in [7, 11) is 0. The molecule has 2 bridgehead atoms. The van der Waals surface area contributed by atoms with Crippen LogP contribution in [0.1, 0.15) is 46.5 Å². The first-order valence-electron chi connectivity index (χ1n) is 5.23. The van der Waals surface area contributed by atoms with Gasteiger partial charge in [-0.15, -0.1) is 0 Å². The molecule has 0 aromatic heterocycles. The lowest BCUT2D eigenvalue weighted by Crippen LogP contribution is -2.28. The number of fused-ring (bicyclic) bond motifs is 2. The quantitative estimate of drug-likeness (QED) is 0.540. The lowest BCUT2D eigenvalue weighted by atomic mass is 9.76. The van der Waals surface area contributed by atoms with Gasteiger partial charge >= 0.3 is 0 Å². The van der Waals surface area contributed by atoms with E-state index in [1.807, 2.05) is 0 Å². The summed E-state index contributed by atoms with van der Waals surface area (Å²) in [4.78, 5) is 0. The first-order chi connectivity index (χ1) is 5.57. The molecule has 0 aliphatic carbocycles. The molecule has 2 saturated heterocycles. The largest absolute Gasteiger partial charge is 0.375 e. The van der Waals surface area contributed by atoms with Gasteiger partial charge < -0.3 is 4.74 Å². The van der Waals surface area contributed by atoms with E-state index in [9.17, 15) is 0 Å². The van der Waals surface area contributed by atoms with Gasteiger partial charge in [0.05, 0.1) is 12.2 Å². The van der Waals surface area contributed by atoms with Crippen LogP contribution in [-0.4, -0.2) is 12.2 Å². The number of hydrogen-bond donors (Lipinski definition) is 0. The van der Waals surface area contributed by atoms with E-state index in [1.165, 1.54) is 25.7 Å². The normalized spacial score (nSPS) is 41.8. The average Bonchev–Trinajstić information content (AvgIpc) is 2.25. The third kappa shape index (κ3) is 1.39. The van der Waals surface area contributed by atoms with Crippen LogP contribution in [0.15, 0.2) is 0 Å². The van der Waals surface area contributed by atoms with Crippen molar-refractivity contribution in [2.24, 2.45) is 11.3 Å². The van der Waals surface area contributed by atoms with Crippen molar-refractivity contribution in [3.05, 3.63) is 0 Å². The van der Waals surface area contributed by atoms with Crippen molar-refractivity contribution in [1.82, 2.24) is 0 Å². The highest BCUT2D eigenvalue weighted by molar-refractivity contribution is 4.92. The zero-order valence-electron chi connectivity index (χ0n) is 8.47. The Bertz CT molecular complexity index is 168. The highest BCUT2D eigenvalue weighted by Crippen LogP contribution is 2.45. The monoisotopic (exact) mass is 168 g/mol. The molecule has 2 aliphatic heterocycles. The van der Waals surface area contributed by atoms with Gasteiger partial charge in [0, 0.05) is 0 Å². The molecule has 0 spiro atoms. The zero-order chi connectivity index (χ0) is 8.77. The maximum Gasteiger partial charge on any atom is 0.0613 e. The molecule has 0 N–H and O–H groups in total. The second-order valence-corrected chi connectivity index (χ2v) is 5.44. The number of ether oxygens (including phenoxy) is 1. The van der Waals surface area contributed by atoms with Crippen molar-refractivity contribution < 1.29 is 4.74 Å². The fraction of sp³-hybridized carbons (Fsp3) is 1.00. The first kappa shape index (κ1) is 8.55. The Morgan fingerprint density at radius 2 is 1.92 bits per heavy atom. The van der Waals surface area contributed by atoms with Crippen LogP contribution >= 0.6 is 0 Å². The van der Waals surface area contributed by atoms with Gasteiger partial charge in [0.25, 0.3) is 0 Å². The van der Waals surface area contributed by atoms with Gasteiger partial charge in [-0.25, -0.2) is 0 Å². The van der Waals surface area contributed by atoms with Crippen molar-refractivity contribution in [3.63, 3.8) is 0 Å². The predicted octanol–water partition coefficient (Wildman–Crippen LogP) is 2.99. The third-order valence-corrected chi connectivity index (χ3v) is 3.46. The molecule has 0 aromatic carbocycles. The Hall–Kier alpha value is -0.0400. The van der Waals surface area contributed by atoms with Crippen molar-refractivity contribution >= 4 is 0 Å². The van der Waals surface area contributed by atoms with Gasteiger partial charge in [-0.1, -0.05) is 20.8 Å². The summed E-state index contributed by atoms with van der Waals surface area (Å²) in [5, 5.41) is 0. The summed E-state index contributed by atoms with van der Waals surface area (Å²) in [6, 6.07) is 0. The molecular weight excluding hydrogens is 148 g/mol. The fourth-order valence-electron chi connectivity index (χ4n) is 2.75. The van der Waals surface area contributed by atoms with Gasteiger partial charge in [-0.3, -0.25) is 0 Å². The zero-order valence-corrected chi connectivity index (χ0v) is 8.47. The van der Waals surface area contributed by atoms with Crippen LogP contribution in [0.5, 0.6) is 0 Å². The van der Waals surface area contributed by atoms with Crippen molar-refractivity contribution in [3.8, 4) is 0 Å². The smallest absolute Gasteiger partial charge is 0.0613 e. The molecular formula is C11H20O. The summed E-state index contributed by atoms with van der Waals surface area (Å²) in [6.45, 7) is 7.05. The predicted molar refractivity (Wildman–Crippen MR) is 50.1 cm³/mol. The fourth-order valence-corrected chi connectivity index (χ4v) is 2.75. The lowest BCUT2D eigenvalue weighted by molar-refractivity contribution is -0.0166. The van der Waals surface area contributed by atoms with Gasteiger partial charge in [0.2, 0.25) is 0 Å². The Morgan fingerprint density at radius 1 is 1.17 bits per heavy atom. The van der Waals surface area contributed by atoms with E-state index in [2.05, 4.69) is 20.8 Å². The minimum atomic E-state index is 0.448.